The smallest absolute Gasteiger partial charge is 0.257 e. The van der Waals surface area contributed by atoms with Crippen molar-refractivity contribution in [2.75, 3.05) is 31.6 Å². The van der Waals surface area contributed by atoms with E-state index in [0.29, 0.717) is 36.9 Å². The maximum Gasteiger partial charge on any atom is 0.257 e. The first-order valence-corrected chi connectivity index (χ1v) is 11.3. The van der Waals surface area contributed by atoms with Crippen LogP contribution >= 0.6 is 11.3 Å². The van der Waals surface area contributed by atoms with Gasteiger partial charge in [0.25, 0.3) is 5.91 Å². The Morgan fingerprint density at radius 3 is 2.39 bits per heavy atom. The van der Waals surface area contributed by atoms with Crippen molar-refractivity contribution in [1.29, 1.82) is 0 Å². The lowest BCUT2D eigenvalue weighted by atomic mass is 10.0. The molecule has 1 N–H and O–H groups in total. The number of thiophene rings is 1. The van der Waals surface area contributed by atoms with Crippen LogP contribution in [0.5, 0.6) is 0 Å². The zero-order valence-corrected chi connectivity index (χ0v) is 18.6. The van der Waals surface area contributed by atoms with E-state index >= 15 is 0 Å². The topological polar surface area (TPSA) is 58.6 Å². The van der Waals surface area contributed by atoms with Crippen LogP contribution in [0.25, 0.3) is 10.4 Å². The highest BCUT2D eigenvalue weighted by atomic mass is 32.1. The minimum atomic E-state index is -0.119. The third-order valence-electron chi connectivity index (χ3n) is 5.56. The van der Waals surface area contributed by atoms with E-state index in [2.05, 4.69) is 5.32 Å². The molecule has 0 atom stereocenters. The molecule has 1 aromatic heterocycles. The SMILES string of the molecule is Cc1ccccc1CC(=O)Nc1sc(-c2ccccc2)c(C)c1C(=O)N1CCOCC1. The van der Waals surface area contributed by atoms with Crippen LogP contribution in [-0.4, -0.2) is 43.0 Å². The largest absolute Gasteiger partial charge is 0.378 e. The lowest BCUT2D eigenvalue weighted by Crippen LogP contribution is -2.41. The Labute approximate surface area is 186 Å². The van der Waals surface area contributed by atoms with Gasteiger partial charge in [0.1, 0.15) is 5.00 Å². The Morgan fingerprint density at radius 2 is 1.68 bits per heavy atom. The predicted octanol–water partition coefficient (Wildman–Crippen LogP) is 4.69. The highest BCUT2D eigenvalue weighted by Gasteiger charge is 2.28. The van der Waals surface area contributed by atoms with Crippen molar-refractivity contribution < 1.29 is 14.3 Å². The van der Waals surface area contributed by atoms with Gasteiger partial charge in [-0.1, -0.05) is 54.6 Å². The van der Waals surface area contributed by atoms with Crippen LogP contribution in [0, 0.1) is 13.8 Å². The summed E-state index contributed by atoms with van der Waals surface area (Å²) in [5, 5.41) is 3.66. The zero-order valence-electron chi connectivity index (χ0n) is 17.8. The lowest BCUT2D eigenvalue weighted by molar-refractivity contribution is -0.115. The van der Waals surface area contributed by atoms with Gasteiger partial charge >= 0.3 is 0 Å². The fourth-order valence-corrected chi connectivity index (χ4v) is 5.02. The molecule has 1 fully saturated rings. The zero-order chi connectivity index (χ0) is 21.8. The number of aryl methyl sites for hydroxylation is 1. The summed E-state index contributed by atoms with van der Waals surface area (Å²) >= 11 is 1.46. The molecule has 1 saturated heterocycles. The number of nitrogens with one attached hydrogen (secondary N) is 1. The van der Waals surface area contributed by atoms with Gasteiger partial charge in [-0.3, -0.25) is 9.59 Å². The average Bonchev–Trinajstić information content (AvgIpc) is 3.11. The molecule has 5 nitrogen and oxygen atoms in total. The van der Waals surface area contributed by atoms with Crippen molar-refractivity contribution in [2.45, 2.75) is 20.3 Å². The quantitative estimate of drug-likeness (QED) is 0.634. The van der Waals surface area contributed by atoms with Gasteiger partial charge in [-0.2, -0.15) is 0 Å². The summed E-state index contributed by atoms with van der Waals surface area (Å²) in [5.74, 6) is -0.170. The minimum Gasteiger partial charge on any atom is -0.378 e. The summed E-state index contributed by atoms with van der Waals surface area (Å²) in [4.78, 5) is 29.1. The first kappa shape index (κ1) is 21.3. The molecule has 31 heavy (non-hydrogen) atoms. The Kier molecular flexibility index (Phi) is 6.49. The van der Waals surface area contributed by atoms with Gasteiger partial charge in [-0.25, -0.2) is 0 Å². The van der Waals surface area contributed by atoms with Crippen LogP contribution < -0.4 is 5.32 Å². The number of hydrogen-bond donors (Lipinski definition) is 1. The second-order valence-corrected chi connectivity index (χ2v) is 8.70. The Balaban J connectivity index is 1.67. The van der Waals surface area contributed by atoms with Crippen LogP contribution in [0.3, 0.4) is 0 Å². The molecule has 0 bridgehead atoms. The van der Waals surface area contributed by atoms with Gasteiger partial charge in [0.2, 0.25) is 5.91 Å². The molecule has 6 heteroatoms. The number of carbonyl (C=O) groups excluding carboxylic acids is 2. The first-order chi connectivity index (χ1) is 15.0. The molecule has 160 valence electrons. The highest BCUT2D eigenvalue weighted by Crippen LogP contribution is 2.40. The van der Waals surface area contributed by atoms with Gasteiger partial charge in [0.15, 0.2) is 0 Å². The van der Waals surface area contributed by atoms with Crippen LogP contribution in [0.2, 0.25) is 0 Å². The van der Waals surface area contributed by atoms with Gasteiger partial charge in [-0.05, 0) is 36.1 Å². The molecule has 0 unspecified atom stereocenters. The van der Waals surface area contributed by atoms with Crippen molar-refractivity contribution in [3.8, 4) is 10.4 Å². The van der Waals surface area contributed by atoms with Crippen molar-refractivity contribution in [3.05, 3.63) is 76.9 Å². The van der Waals surface area contributed by atoms with E-state index in [9.17, 15) is 9.59 Å². The van der Waals surface area contributed by atoms with E-state index in [1.807, 2.05) is 73.3 Å². The maximum atomic E-state index is 13.4. The fraction of sp³-hybridized carbons (Fsp3) is 0.280. The predicted molar refractivity (Wildman–Crippen MR) is 125 cm³/mol. The molecular formula is C25H26N2O3S. The lowest BCUT2D eigenvalue weighted by Gasteiger charge is -2.27. The molecule has 3 aromatic rings. The van der Waals surface area contributed by atoms with E-state index in [4.69, 9.17) is 4.74 Å². The summed E-state index contributed by atoms with van der Waals surface area (Å²) in [6, 6.07) is 17.8. The van der Waals surface area contributed by atoms with E-state index in [1.54, 1.807) is 0 Å². The van der Waals surface area contributed by atoms with Crippen LogP contribution in [0.1, 0.15) is 27.0 Å². The van der Waals surface area contributed by atoms with Crippen LogP contribution in [0.15, 0.2) is 54.6 Å². The van der Waals surface area contributed by atoms with Crippen molar-refractivity contribution in [3.63, 3.8) is 0 Å². The number of carbonyl (C=O) groups is 2. The molecule has 0 saturated carbocycles. The van der Waals surface area contributed by atoms with Crippen molar-refractivity contribution >= 4 is 28.2 Å². The Bertz CT molecular complexity index is 1090. The summed E-state index contributed by atoms with van der Waals surface area (Å²) in [5.41, 5.74) is 4.59. The summed E-state index contributed by atoms with van der Waals surface area (Å²) in [6.45, 7) is 6.16. The van der Waals surface area contributed by atoms with E-state index < -0.39 is 0 Å². The van der Waals surface area contributed by atoms with Crippen LogP contribution in [-0.2, 0) is 16.0 Å². The molecule has 0 aliphatic carbocycles. The molecule has 2 heterocycles. The molecule has 0 spiro atoms. The van der Waals surface area contributed by atoms with Gasteiger partial charge in [0, 0.05) is 18.0 Å². The minimum absolute atomic E-state index is 0.0505. The number of anilines is 1. The third-order valence-corrected chi connectivity index (χ3v) is 6.82. The normalized spacial score (nSPS) is 13.8. The standard InChI is InChI=1S/C25H26N2O3S/c1-17-8-6-7-11-20(17)16-21(28)26-24-22(25(29)27-12-14-30-15-13-27)18(2)23(31-24)19-9-4-3-5-10-19/h3-11H,12-16H2,1-2H3,(H,26,28). The van der Waals surface area contributed by atoms with Gasteiger partial charge in [-0.15, -0.1) is 11.3 Å². The summed E-state index contributed by atoms with van der Waals surface area (Å²) < 4.78 is 5.40. The maximum absolute atomic E-state index is 13.4. The average molecular weight is 435 g/mol. The van der Waals surface area contributed by atoms with E-state index in [0.717, 1.165) is 27.1 Å². The molecule has 4 rings (SSSR count). The van der Waals surface area contributed by atoms with Crippen LogP contribution in [0.4, 0.5) is 5.00 Å². The number of nitrogens with zero attached hydrogens (tertiary/aromatic N) is 1. The third kappa shape index (κ3) is 4.70. The number of ether oxygens (including phenoxy) is 1. The van der Waals surface area contributed by atoms with E-state index in [1.165, 1.54) is 11.3 Å². The monoisotopic (exact) mass is 434 g/mol. The fourth-order valence-electron chi connectivity index (χ4n) is 3.80. The number of amides is 2. The molecule has 2 aromatic carbocycles. The number of rotatable bonds is 5. The molecular weight excluding hydrogens is 408 g/mol. The molecule has 1 aliphatic rings. The van der Waals surface area contributed by atoms with Crippen molar-refractivity contribution in [2.24, 2.45) is 0 Å². The number of hydrogen-bond acceptors (Lipinski definition) is 4. The molecule has 2 amide bonds. The summed E-state index contributed by atoms with van der Waals surface area (Å²) in [7, 11) is 0. The first-order valence-electron chi connectivity index (χ1n) is 10.4. The highest BCUT2D eigenvalue weighted by molar-refractivity contribution is 7.20. The van der Waals surface area contributed by atoms with Gasteiger partial charge in [0.05, 0.1) is 25.2 Å². The second-order valence-electron chi connectivity index (χ2n) is 7.68. The summed E-state index contributed by atoms with van der Waals surface area (Å²) in [6.07, 6.45) is 0.273. The van der Waals surface area contributed by atoms with Gasteiger partial charge < -0.3 is 15.0 Å². The Hall–Kier alpha value is -2.96. The van der Waals surface area contributed by atoms with E-state index in [-0.39, 0.29) is 18.2 Å². The number of morpholine rings is 1. The van der Waals surface area contributed by atoms with Crippen molar-refractivity contribution in [1.82, 2.24) is 4.90 Å². The molecule has 1 aliphatic heterocycles. The second kappa shape index (κ2) is 9.45. The molecule has 0 radical (unpaired) electrons. The number of benzene rings is 2. The Morgan fingerprint density at radius 1 is 1.00 bits per heavy atom.